The summed E-state index contributed by atoms with van der Waals surface area (Å²) in [4.78, 5) is 68.6. The average molecular weight is 813 g/mol. The largest absolute Gasteiger partial charge is 0.381 e. The summed E-state index contributed by atoms with van der Waals surface area (Å²) < 4.78 is 4.22. The second kappa shape index (κ2) is 14.8. The van der Waals surface area contributed by atoms with Gasteiger partial charge in [-0.1, -0.05) is 0 Å². The molecule has 2 atom stereocenters. The van der Waals surface area contributed by atoms with E-state index in [1.165, 1.54) is 11.3 Å². The highest BCUT2D eigenvalue weighted by Gasteiger charge is 2.32. The lowest BCUT2D eigenvalue weighted by molar-refractivity contribution is -0.135. The quantitative estimate of drug-likeness (QED) is 0.196. The molecule has 3 N–H and O–H groups in total. The lowest BCUT2D eigenvalue weighted by Gasteiger charge is -2.39. The minimum absolute atomic E-state index is 0.0249. The van der Waals surface area contributed by atoms with Crippen molar-refractivity contribution in [3.05, 3.63) is 75.7 Å². The molecule has 4 aromatic heterocycles. The third-order valence-electron chi connectivity index (χ3n) is 12.9. The zero-order valence-electron chi connectivity index (χ0n) is 33.6. The third kappa shape index (κ3) is 6.69. The number of hydrogen-bond acceptors (Lipinski definition) is 11. The van der Waals surface area contributed by atoms with Crippen LogP contribution in [0.5, 0.6) is 0 Å². The van der Waals surface area contributed by atoms with Gasteiger partial charge in [0.1, 0.15) is 16.7 Å². The molecule has 15 heteroatoms. The molecule has 0 radical (unpaired) electrons. The number of thiophene rings is 1. The lowest BCUT2D eigenvalue weighted by Crippen LogP contribution is -2.49. The third-order valence-corrected chi connectivity index (χ3v) is 14.0. The van der Waals surface area contributed by atoms with Crippen LogP contribution in [0.4, 0.5) is 17.2 Å². The number of hydrogen-bond donors (Lipinski definition) is 3. The molecule has 0 spiro atoms. The Bertz CT molecular complexity index is 2740. The topological polar surface area (TPSA) is 150 Å². The van der Waals surface area contributed by atoms with E-state index >= 15 is 0 Å². The number of aromatic nitrogens is 4. The highest BCUT2D eigenvalue weighted by molar-refractivity contribution is 7.21. The van der Waals surface area contributed by atoms with Crippen LogP contribution in [0.2, 0.25) is 0 Å². The molecule has 1 unspecified atom stereocenters. The van der Waals surface area contributed by atoms with Gasteiger partial charge in [0.15, 0.2) is 0 Å². The van der Waals surface area contributed by atoms with E-state index in [-0.39, 0.29) is 30.0 Å². The Morgan fingerprint density at radius 3 is 2.47 bits per heavy atom. The normalized spacial score (nSPS) is 20.8. The maximum atomic E-state index is 13.3. The van der Waals surface area contributed by atoms with Crippen molar-refractivity contribution >= 4 is 78.3 Å². The molecule has 4 aliphatic heterocycles. The van der Waals surface area contributed by atoms with Gasteiger partial charge >= 0.3 is 5.69 Å². The molecule has 0 aliphatic carbocycles. The number of piperazine rings is 1. The van der Waals surface area contributed by atoms with Gasteiger partial charge in [-0.3, -0.25) is 33.7 Å². The smallest absolute Gasteiger partial charge is 0.329 e. The summed E-state index contributed by atoms with van der Waals surface area (Å²) in [6.07, 6.45) is 4.72. The zero-order valence-corrected chi connectivity index (χ0v) is 34.4. The van der Waals surface area contributed by atoms with E-state index in [4.69, 9.17) is 9.97 Å². The van der Waals surface area contributed by atoms with Gasteiger partial charge in [-0.2, -0.15) is 0 Å². The number of nitrogens with one attached hydrogen (secondary N) is 3. The number of imidazole rings is 1. The molecule has 3 fully saturated rings. The summed E-state index contributed by atoms with van der Waals surface area (Å²) in [6, 6.07) is 16.0. The molecule has 3 saturated heterocycles. The van der Waals surface area contributed by atoms with E-state index in [1.54, 1.807) is 16.2 Å². The summed E-state index contributed by atoms with van der Waals surface area (Å²) in [6.45, 7) is 11.7. The number of nitrogens with zero attached hydrogens (tertiary/aromatic N) is 7. The molecule has 0 bridgehead atoms. The van der Waals surface area contributed by atoms with E-state index in [2.05, 4.69) is 80.0 Å². The fourth-order valence-corrected chi connectivity index (χ4v) is 10.6. The zero-order chi connectivity index (χ0) is 40.5. The van der Waals surface area contributed by atoms with E-state index in [9.17, 15) is 19.2 Å². The van der Waals surface area contributed by atoms with Gasteiger partial charge in [0.25, 0.3) is 5.91 Å². The molecule has 304 valence electrons. The first-order valence-electron chi connectivity index (χ1n) is 20.7. The average Bonchev–Trinajstić information content (AvgIpc) is 3.69. The van der Waals surface area contributed by atoms with Gasteiger partial charge in [0, 0.05) is 105 Å². The number of pyridine rings is 2. The molecule has 8 heterocycles. The number of fused-ring (bicyclic) bond motifs is 6. The van der Waals surface area contributed by atoms with E-state index in [0.717, 1.165) is 124 Å². The van der Waals surface area contributed by atoms with Gasteiger partial charge in [-0.15, -0.1) is 11.3 Å². The van der Waals surface area contributed by atoms with Gasteiger partial charge in [-0.05, 0) is 93.1 Å². The second-order valence-corrected chi connectivity index (χ2v) is 17.7. The van der Waals surface area contributed by atoms with E-state index < -0.39 is 11.9 Å². The van der Waals surface area contributed by atoms with Gasteiger partial charge in [-0.25, -0.2) is 14.8 Å². The van der Waals surface area contributed by atoms with Crippen LogP contribution in [0.25, 0.3) is 43.3 Å². The number of anilines is 3. The van der Waals surface area contributed by atoms with E-state index in [1.807, 2.05) is 19.2 Å². The Kier molecular flexibility index (Phi) is 9.39. The minimum atomic E-state index is -0.682. The van der Waals surface area contributed by atoms with Crippen LogP contribution in [0, 0.1) is 12.8 Å². The van der Waals surface area contributed by atoms with Crippen LogP contribution < -0.4 is 31.4 Å². The number of carbonyl (C=O) groups is 3. The second-order valence-electron chi connectivity index (χ2n) is 16.7. The number of benzene rings is 2. The molecule has 10 rings (SSSR count). The first-order valence-corrected chi connectivity index (χ1v) is 21.6. The standard InChI is InChI=1S/C44H48N10O4S/c1-25-20-37(45-23-30(25)32-6-5-29-31(48-32)7-10-36-39(29)40-41(59-36)43(57)47-26(2)22-46-40)53-18-16-51(17-19-53)24-27-12-14-52(15-13-27)28-4-8-33-35(21-28)50(3)44(58)54(33)34-9-11-38(55)49-42(34)56/h4-8,10,20-21,23,26-27,34,46H,9,11-19,22,24H2,1-3H3,(H,47,57)(H,49,55,56)/t26-,34?/m1/s1. The van der Waals surface area contributed by atoms with Crippen LogP contribution in [0.3, 0.4) is 0 Å². The molecule has 3 amide bonds. The maximum Gasteiger partial charge on any atom is 0.329 e. The van der Waals surface area contributed by atoms with Crippen molar-refractivity contribution in [1.82, 2.24) is 34.6 Å². The summed E-state index contributed by atoms with van der Waals surface area (Å²) >= 11 is 1.52. The van der Waals surface area contributed by atoms with Crippen LogP contribution >= 0.6 is 11.3 Å². The predicted octanol–water partition coefficient (Wildman–Crippen LogP) is 5.03. The van der Waals surface area contributed by atoms with Crippen molar-refractivity contribution in [1.29, 1.82) is 0 Å². The monoisotopic (exact) mass is 812 g/mol. The Balaban J connectivity index is 0.755. The number of carbonyl (C=O) groups excluding carboxylic acids is 3. The summed E-state index contributed by atoms with van der Waals surface area (Å²) in [5.74, 6) is 0.895. The molecule has 6 aromatic rings. The SMILES string of the molecule is Cc1cc(N2CCN(CC3CCN(c4ccc5c(c4)n(C)c(=O)n5C4CCC(=O)NC4=O)CC3)CC2)ncc1-c1ccc2c(ccc3sc4c(c32)NC[C@@H](C)NC4=O)n1. The molecule has 0 saturated carbocycles. The van der Waals surface area contributed by atoms with Crippen LogP contribution in [0.1, 0.15) is 53.9 Å². The van der Waals surface area contributed by atoms with Crippen molar-refractivity contribution < 1.29 is 14.4 Å². The summed E-state index contributed by atoms with van der Waals surface area (Å²) in [5, 5.41) is 11.1. The Hall–Kier alpha value is -5.80. The molecular weight excluding hydrogens is 765 g/mol. The molecule has 4 aliphatic rings. The number of amides is 3. The molecule has 14 nitrogen and oxygen atoms in total. The van der Waals surface area contributed by atoms with Gasteiger partial charge in [0.2, 0.25) is 11.8 Å². The van der Waals surface area contributed by atoms with Gasteiger partial charge < -0.3 is 20.4 Å². The minimum Gasteiger partial charge on any atom is -0.381 e. The number of imide groups is 1. The Morgan fingerprint density at radius 1 is 0.881 bits per heavy atom. The predicted molar refractivity (Wildman–Crippen MR) is 233 cm³/mol. The van der Waals surface area contributed by atoms with Crippen molar-refractivity contribution in [3.8, 4) is 11.3 Å². The number of rotatable bonds is 6. The molecule has 2 aromatic carbocycles. The summed E-state index contributed by atoms with van der Waals surface area (Å²) in [5.41, 5.74) is 7.20. The number of aryl methyl sites for hydroxylation is 2. The first-order chi connectivity index (χ1) is 28.6. The first kappa shape index (κ1) is 37.5. The van der Waals surface area contributed by atoms with Crippen LogP contribution in [0.15, 0.2) is 59.5 Å². The maximum absolute atomic E-state index is 13.3. The fraction of sp³-hybridized carbons (Fsp3) is 0.409. The van der Waals surface area contributed by atoms with E-state index in [0.29, 0.717) is 24.4 Å². The number of piperidine rings is 2. The van der Waals surface area contributed by atoms with Crippen molar-refractivity contribution in [2.24, 2.45) is 13.0 Å². The van der Waals surface area contributed by atoms with Crippen molar-refractivity contribution in [2.45, 2.75) is 51.6 Å². The highest BCUT2D eigenvalue weighted by atomic mass is 32.1. The summed E-state index contributed by atoms with van der Waals surface area (Å²) in [7, 11) is 1.75. The fourth-order valence-electron chi connectivity index (χ4n) is 9.53. The highest BCUT2D eigenvalue weighted by Crippen LogP contribution is 2.41. The van der Waals surface area contributed by atoms with Crippen LogP contribution in [-0.4, -0.2) is 100 Å². The Morgan fingerprint density at radius 2 is 1.69 bits per heavy atom. The molecular formula is C44H48N10O4S. The van der Waals surface area contributed by atoms with Crippen molar-refractivity contribution in [2.75, 3.05) is 67.5 Å². The van der Waals surface area contributed by atoms with Crippen molar-refractivity contribution in [3.63, 3.8) is 0 Å². The lowest BCUT2D eigenvalue weighted by atomic mass is 9.95. The van der Waals surface area contributed by atoms with Gasteiger partial charge in [0.05, 0.1) is 27.9 Å². The Labute approximate surface area is 345 Å². The van der Waals surface area contributed by atoms with Crippen LogP contribution in [-0.2, 0) is 16.6 Å². The molecule has 59 heavy (non-hydrogen) atoms.